The monoisotopic (exact) mass is 484 g/mol. The largest absolute Gasteiger partial charge is 0.443 e. The number of nitrogens with one attached hydrogen (secondary N) is 2. The average Bonchev–Trinajstić information content (AvgIpc) is 3.11. The molecule has 0 spiro atoms. The minimum absolute atomic E-state index is 0.0874. The Kier molecular flexibility index (Phi) is 7.12. The van der Waals surface area contributed by atoms with Gasteiger partial charge in [0.05, 0.1) is 11.9 Å². The van der Waals surface area contributed by atoms with Crippen molar-refractivity contribution in [3.8, 4) is 11.3 Å². The summed E-state index contributed by atoms with van der Waals surface area (Å²) in [5, 5.41) is 5.45. The molecule has 0 radical (unpaired) electrons. The number of imidazole rings is 1. The molecule has 162 valence electrons. The lowest BCUT2D eigenvalue weighted by molar-refractivity contribution is 0.0543. The van der Waals surface area contributed by atoms with Gasteiger partial charge in [0, 0.05) is 16.6 Å². The molecule has 0 aliphatic carbocycles. The van der Waals surface area contributed by atoms with E-state index in [0.29, 0.717) is 18.7 Å². The third-order valence-electron chi connectivity index (χ3n) is 4.25. The van der Waals surface area contributed by atoms with E-state index in [1.807, 2.05) is 54.6 Å². The predicted octanol–water partition coefficient (Wildman–Crippen LogP) is 5.46. The number of halogens is 1. The van der Waals surface area contributed by atoms with Gasteiger partial charge in [-0.05, 0) is 44.9 Å². The van der Waals surface area contributed by atoms with Gasteiger partial charge in [-0.3, -0.25) is 5.32 Å². The van der Waals surface area contributed by atoms with Crippen LogP contribution in [0.4, 0.5) is 15.5 Å². The van der Waals surface area contributed by atoms with E-state index in [4.69, 9.17) is 4.74 Å². The highest BCUT2D eigenvalue weighted by molar-refractivity contribution is 9.10. The topological polar surface area (TPSA) is 85.2 Å². The molecule has 2 amide bonds. The average molecular weight is 485 g/mol. The van der Waals surface area contributed by atoms with Crippen LogP contribution in [0.2, 0.25) is 0 Å². The molecule has 31 heavy (non-hydrogen) atoms. The first kappa shape index (κ1) is 22.6. The first-order valence-corrected chi connectivity index (χ1v) is 10.7. The van der Waals surface area contributed by atoms with Crippen LogP contribution in [0, 0.1) is 0 Å². The summed E-state index contributed by atoms with van der Waals surface area (Å²) in [5.74, 6) is 0.0874. The Bertz CT molecular complexity index is 1040. The molecule has 0 bridgehead atoms. The number of amides is 2. The Morgan fingerprint density at radius 3 is 2.39 bits per heavy atom. The second-order valence-corrected chi connectivity index (χ2v) is 8.82. The Hall–Kier alpha value is -3.13. The zero-order valence-electron chi connectivity index (χ0n) is 17.7. The van der Waals surface area contributed by atoms with Crippen molar-refractivity contribution in [3.63, 3.8) is 0 Å². The highest BCUT2D eigenvalue weighted by atomic mass is 79.9. The van der Waals surface area contributed by atoms with Crippen molar-refractivity contribution >= 4 is 34.0 Å². The summed E-state index contributed by atoms with van der Waals surface area (Å²) < 4.78 is 7.71. The second kappa shape index (κ2) is 9.78. The summed E-state index contributed by atoms with van der Waals surface area (Å²) in [6, 6.07) is 16.8. The molecule has 0 unspecified atom stereocenters. The van der Waals surface area contributed by atoms with Crippen molar-refractivity contribution in [1.29, 1.82) is 0 Å². The maximum absolute atomic E-state index is 12.9. The number of ether oxygens (including phenoxy) is 1. The molecule has 8 heteroatoms. The highest BCUT2D eigenvalue weighted by Gasteiger charge is 2.24. The number of anilines is 1. The standard InChI is InChI=1S/C23H25BrN4O3/c1-23(2,3)31-22(30)28-19(17-9-11-18(24)12-10-17)15-26-20(28)27-21(29)25-14-13-16-7-5-4-6-8-16/h4-12,15H,13-14H2,1-3H3,(H2,25,26,27,29). The summed E-state index contributed by atoms with van der Waals surface area (Å²) in [7, 11) is 0. The van der Waals surface area contributed by atoms with E-state index < -0.39 is 17.7 Å². The minimum atomic E-state index is -0.701. The van der Waals surface area contributed by atoms with Crippen molar-refractivity contribution in [3.05, 3.63) is 70.8 Å². The molecule has 1 aromatic heterocycles. The number of hydrogen-bond acceptors (Lipinski definition) is 4. The van der Waals surface area contributed by atoms with Crippen molar-refractivity contribution < 1.29 is 14.3 Å². The minimum Gasteiger partial charge on any atom is -0.443 e. The van der Waals surface area contributed by atoms with E-state index in [9.17, 15) is 9.59 Å². The molecule has 0 fully saturated rings. The Morgan fingerprint density at radius 1 is 1.06 bits per heavy atom. The zero-order chi connectivity index (χ0) is 22.4. The van der Waals surface area contributed by atoms with E-state index in [0.717, 1.165) is 15.6 Å². The molecular weight excluding hydrogens is 460 g/mol. The van der Waals surface area contributed by atoms with Gasteiger partial charge in [-0.25, -0.2) is 19.1 Å². The summed E-state index contributed by atoms with van der Waals surface area (Å²) in [6.45, 7) is 5.79. The molecule has 2 aromatic carbocycles. The van der Waals surface area contributed by atoms with Gasteiger partial charge in [-0.2, -0.15) is 0 Å². The highest BCUT2D eigenvalue weighted by Crippen LogP contribution is 2.26. The van der Waals surface area contributed by atoms with Gasteiger partial charge in [0.25, 0.3) is 0 Å². The number of rotatable bonds is 5. The van der Waals surface area contributed by atoms with Crippen LogP contribution in [0.25, 0.3) is 11.3 Å². The van der Waals surface area contributed by atoms with E-state index >= 15 is 0 Å². The van der Waals surface area contributed by atoms with Gasteiger partial charge in [-0.15, -0.1) is 0 Å². The normalized spacial score (nSPS) is 11.1. The quantitative estimate of drug-likeness (QED) is 0.503. The maximum atomic E-state index is 12.9. The molecule has 7 nitrogen and oxygen atoms in total. The summed E-state index contributed by atoms with van der Waals surface area (Å²) in [5.41, 5.74) is 1.70. The first-order chi connectivity index (χ1) is 14.7. The third kappa shape index (κ3) is 6.42. The number of carbonyl (C=O) groups excluding carboxylic acids is 2. The molecule has 3 rings (SSSR count). The van der Waals surface area contributed by atoms with Gasteiger partial charge < -0.3 is 10.1 Å². The van der Waals surface area contributed by atoms with Crippen LogP contribution in [0.15, 0.2) is 65.3 Å². The SMILES string of the molecule is CC(C)(C)OC(=O)n1c(-c2ccc(Br)cc2)cnc1NC(=O)NCCc1ccccc1. The maximum Gasteiger partial charge on any atom is 0.421 e. The molecule has 0 atom stereocenters. The number of aromatic nitrogens is 2. The zero-order valence-corrected chi connectivity index (χ0v) is 19.3. The van der Waals surface area contributed by atoms with Crippen LogP contribution in [0.1, 0.15) is 26.3 Å². The first-order valence-electron chi connectivity index (χ1n) is 9.89. The van der Waals surface area contributed by atoms with Crippen molar-refractivity contribution in [2.24, 2.45) is 0 Å². The Morgan fingerprint density at radius 2 is 1.74 bits per heavy atom. The van der Waals surface area contributed by atoms with Gasteiger partial charge in [0.15, 0.2) is 0 Å². The smallest absolute Gasteiger partial charge is 0.421 e. The lowest BCUT2D eigenvalue weighted by atomic mass is 10.1. The number of nitrogens with zero attached hydrogens (tertiary/aromatic N) is 2. The third-order valence-corrected chi connectivity index (χ3v) is 4.77. The Balaban J connectivity index is 1.77. The Labute approximate surface area is 190 Å². The van der Waals surface area contributed by atoms with Crippen LogP contribution in [-0.2, 0) is 11.2 Å². The molecule has 3 aromatic rings. The predicted molar refractivity (Wildman–Crippen MR) is 124 cm³/mol. The van der Waals surface area contributed by atoms with E-state index in [2.05, 4.69) is 31.5 Å². The second-order valence-electron chi connectivity index (χ2n) is 7.91. The molecule has 0 aliphatic rings. The summed E-state index contributed by atoms with van der Waals surface area (Å²) >= 11 is 3.40. The number of benzene rings is 2. The molecule has 1 heterocycles. The van der Waals surface area contributed by atoms with Crippen LogP contribution < -0.4 is 10.6 Å². The molecule has 0 saturated carbocycles. The lowest BCUT2D eigenvalue weighted by Gasteiger charge is -2.21. The molecule has 0 aliphatic heterocycles. The van der Waals surface area contributed by atoms with Gasteiger partial charge in [-0.1, -0.05) is 58.4 Å². The van der Waals surface area contributed by atoms with Crippen molar-refractivity contribution in [2.45, 2.75) is 32.8 Å². The summed E-state index contributed by atoms with van der Waals surface area (Å²) in [6.07, 6.45) is 1.61. The fraction of sp³-hybridized carbons (Fsp3) is 0.261. The van der Waals surface area contributed by atoms with Gasteiger partial charge >= 0.3 is 12.1 Å². The summed E-state index contributed by atoms with van der Waals surface area (Å²) in [4.78, 5) is 29.6. The van der Waals surface area contributed by atoms with Crippen LogP contribution in [0.3, 0.4) is 0 Å². The van der Waals surface area contributed by atoms with Gasteiger partial charge in [0.1, 0.15) is 5.60 Å². The number of urea groups is 1. The number of carbonyl (C=O) groups is 2. The van der Waals surface area contributed by atoms with E-state index in [1.54, 1.807) is 20.8 Å². The number of hydrogen-bond donors (Lipinski definition) is 2. The van der Waals surface area contributed by atoms with E-state index in [-0.39, 0.29) is 5.95 Å². The van der Waals surface area contributed by atoms with Crippen LogP contribution in [0.5, 0.6) is 0 Å². The molecular formula is C23H25BrN4O3. The van der Waals surface area contributed by atoms with Crippen molar-refractivity contribution in [2.75, 3.05) is 11.9 Å². The fourth-order valence-corrected chi connectivity index (χ4v) is 3.13. The molecule has 2 N–H and O–H groups in total. The van der Waals surface area contributed by atoms with E-state index in [1.165, 1.54) is 10.8 Å². The van der Waals surface area contributed by atoms with Crippen molar-refractivity contribution in [1.82, 2.24) is 14.9 Å². The fourth-order valence-electron chi connectivity index (χ4n) is 2.87. The van der Waals surface area contributed by atoms with Gasteiger partial charge in [0.2, 0.25) is 5.95 Å². The molecule has 0 saturated heterocycles. The lowest BCUT2D eigenvalue weighted by Crippen LogP contribution is -2.33. The van der Waals surface area contributed by atoms with Crippen LogP contribution >= 0.6 is 15.9 Å². The van der Waals surface area contributed by atoms with Crippen LogP contribution in [-0.4, -0.2) is 33.8 Å².